The molecule has 1 aromatic heterocycles. The van der Waals surface area contributed by atoms with Gasteiger partial charge in [-0.2, -0.15) is 0 Å². The number of hydrogen-bond donors (Lipinski definition) is 1. The fourth-order valence-corrected chi connectivity index (χ4v) is 4.71. The van der Waals surface area contributed by atoms with Gasteiger partial charge in [0.2, 0.25) is 0 Å². The predicted molar refractivity (Wildman–Crippen MR) is 78.9 cm³/mol. The first-order chi connectivity index (χ1) is 9.70. The molecule has 2 nitrogen and oxygen atoms in total. The molecule has 3 aliphatic rings. The van der Waals surface area contributed by atoms with Crippen LogP contribution in [0.4, 0.5) is 0 Å². The van der Waals surface area contributed by atoms with Crippen LogP contribution < -0.4 is 0 Å². The SMILES string of the molecule is CC1=C[C@H]2c3c([nH]c4ccccc34)C(=O)[C@H]2C2(CC2)C1. The number of hydrogen-bond acceptors (Lipinski definition) is 1. The number of allylic oxidation sites excluding steroid dienone is 2. The van der Waals surface area contributed by atoms with E-state index in [0.29, 0.717) is 17.1 Å². The smallest absolute Gasteiger partial charge is 0.183 e. The van der Waals surface area contributed by atoms with E-state index in [9.17, 15) is 4.79 Å². The van der Waals surface area contributed by atoms with Crippen molar-refractivity contribution in [1.29, 1.82) is 0 Å². The summed E-state index contributed by atoms with van der Waals surface area (Å²) in [5.74, 6) is 0.879. The van der Waals surface area contributed by atoms with Gasteiger partial charge >= 0.3 is 0 Å². The van der Waals surface area contributed by atoms with Crippen LogP contribution in [0.25, 0.3) is 10.9 Å². The van der Waals surface area contributed by atoms with Crippen molar-refractivity contribution in [2.75, 3.05) is 0 Å². The number of benzene rings is 1. The van der Waals surface area contributed by atoms with E-state index >= 15 is 0 Å². The van der Waals surface area contributed by atoms with Crippen LogP contribution in [0.3, 0.4) is 0 Å². The van der Waals surface area contributed by atoms with Gasteiger partial charge in [0.15, 0.2) is 5.78 Å². The fourth-order valence-electron chi connectivity index (χ4n) is 4.71. The van der Waals surface area contributed by atoms with Crippen LogP contribution in [0, 0.1) is 11.3 Å². The maximum atomic E-state index is 12.9. The maximum Gasteiger partial charge on any atom is 0.183 e. The van der Waals surface area contributed by atoms with Gasteiger partial charge < -0.3 is 4.98 Å². The number of carbonyl (C=O) groups excluding carboxylic acids is 1. The molecule has 100 valence electrons. The Balaban J connectivity index is 1.81. The molecular weight excluding hydrogens is 246 g/mol. The van der Waals surface area contributed by atoms with Crippen molar-refractivity contribution in [3.05, 3.63) is 47.2 Å². The highest BCUT2D eigenvalue weighted by Crippen LogP contribution is 2.66. The lowest BCUT2D eigenvalue weighted by Crippen LogP contribution is -2.28. The van der Waals surface area contributed by atoms with Crippen LogP contribution in [0.15, 0.2) is 35.9 Å². The van der Waals surface area contributed by atoms with Gasteiger partial charge in [-0.3, -0.25) is 4.79 Å². The van der Waals surface area contributed by atoms with Crippen LogP contribution in [-0.2, 0) is 0 Å². The second-order valence-corrected chi connectivity index (χ2v) is 6.88. The van der Waals surface area contributed by atoms with Crippen LogP contribution in [0.2, 0.25) is 0 Å². The Bertz CT molecular complexity index is 791. The standard InChI is InChI=1S/C18H17NO/c1-10-8-12-14-11-4-2-3-5-13(11)19-16(14)17(20)15(12)18(9-10)6-7-18/h2-5,8,12,15,19H,6-7,9H2,1H3/t12-,15-/m0/s1. The second kappa shape index (κ2) is 3.25. The highest BCUT2D eigenvalue weighted by atomic mass is 16.1. The molecule has 3 aliphatic carbocycles. The van der Waals surface area contributed by atoms with Crippen molar-refractivity contribution in [3.63, 3.8) is 0 Å². The zero-order valence-electron chi connectivity index (χ0n) is 11.6. The molecule has 1 fully saturated rings. The Kier molecular flexibility index (Phi) is 1.77. The molecular formula is C18H17NO. The van der Waals surface area contributed by atoms with Crippen LogP contribution in [0.5, 0.6) is 0 Å². The Labute approximate surface area is 117 Å². The van der Waals surface area contributed by atoms with E-state index in [-0.39, 0.29) is 5.92 Å². The van der Waals surface area contributed by atoms with Crippen LogP contribution >= 0.6 is 0 Å². The summed E-state index contributed by atoms with van der Waals surface area (Å²) in [6.07, 6.45) is 5.95. The summed E-state index contributed by atoms with van der Waals surface area (Å²) in [4.78, 5) is 16.3. The van der Waals surface area contributed by atoms with Gasteiger partial charge in [0.25, 0.3) is 0 Å². The number of fused-ring (bicyclic) bond motifs is 6. The summed E-state index contributed by atoms with van der Waals surface area (Å²) in [7, 11) is 0. The van der Waals surface area contributed by atoms with Gasteiger partial charge in [0, 0.05) is 22.7 Å². The molecule has 2 atom stereocenters. The molecule has 1 aromatic carbocycles. The summed E-state index contributed by atoms with van der Waals surface area (Å²) in [5, 5.41) is 1.24. The zero-order valence-corrected chi connectivity index (χ0v) is 11.6. The molecule has 0 bridgehead atoms. The number of carbonyl (C=O) groups is 1. The first-order valence-corrected chi connectivity index (χ1v) is 7.52. The number of aromatic nitrogens is 1. The lowest BCUT2D eigenvalue weighted by Gasteiger charge is -2.32. The van der Waals surface area contributed by atoms with Crippen molar-refractivity contribution in [2.45, 2.75) is 32.1 Å². The Morgan fingerprint density at radius 3 is 2.85 bits per heavy atom. The Morgan fingerprint density at radius 1 is 1.25 bits per heavy atom. The van der Waals surface area contributed by atoms with E-state index in [0.717, 1.165) is 17.6 Å². The van der Waals surface area contributed by atoms with Crippen molar-refractivity contribution < 1.29 is 4.79 Å². The van der Waals surface area contributed by atoms with Gasteiger partial charge in [-0.1, -0.05) is 29.8 Å². The van der Waals surface area contributed by atoms with E-state index < -0.39 is 0 Å². The van der Waals surface area contributed by atoms with Crippen LogP contribution in [-0.4, -0.2) is 10.8 Å². The van der Waals surface area contributed by atoms with E-state index in [1.54, 1.807) is 0 Å². The summed E-state index contributed by atoms with van der Waals surface area (Å²) < 4.78 is 0. The molecule has 1 N–H and O–H groups in total. The molecule has 0 amide bonds. The van der Waals surface area contributed by atoms with Crippen LogP contribution in [0.1, 0.15) is 48.2 Å². The van der Waals surface area contributed by atoms with Gasteiger partial charge in [0.1, 0.15) is 0 Å². The zero-order chi connectivity index (χ0) is 13.5. The number of Topliss-reactive ketones (excluding diaryl/α,β-unsaturated/α-hetero) is 1. The number of nitrogens with one attached hydrogen (secondary N) is 1. The molecule has 2 heteroatoms. The number of para-hydroxylation sites is 1. The van der Waals surface area contributed by atoms with E-state index in [2.05, 4.69) is 36.2 Å². The lowest BCUT2D eigenvalue weighted by atomic mass is 9.70. The minimum Gasteiger partial charge on any atom is -0.352 e. The van der Waals surface area contributed by atoms with Gasteiger partial charge in [0.05, 0.1) is 5.69 Å². The molecule has 0 aliphatic heterocycles. The predicted octanol–water partition coefficient (Wildman–Crippen LogP) is 4.19. The number of H-pyrrole nitrogens is 1. The third-order valence-electron chi connectivity index (χ3n) is 5.61. The lowest BCUT2D eigenvalue weighted by molar-refractivity contribution is 0.0854. The number of aromatic amines is 1. The number of rotatable bonds is 0. The minimum atomic E-state index is 0.206. The molecule has 2 aromatic rings. The first kappa shape index (κ1) is 10.9. The van der Waals surface area contributed by atoms with Crippen molar-refractivity contribution in [2.24, 2.45) is 11.3 Å². The first-order valence-electron chi connectivity index (χ1n) is 7.52. The molecule has 1 spiro atoms. The quantitative estimate of drug-likeness (QED) is 0.710. The maximum absolute atomic E-state index is 12.9. The summed E-state index contributed by atoms with van der Waals surface area (Å²) in [6.45, 7) is 2.23. The summed E-state index contributed by atoms with van der Waals surface area (Å²) in [6, 6.07) is 8.32. The van der Waals surface area contributed by atoms with Crippen molar-refractivity contribution >= 4 is 16.7 Å². The largest absolute Gasteiger partial charge is 0.352 e. The minimum absolute atomic E-state index is 0.206. The van der Waals surface area contributed by atoms with E-state index in [4.69, 9.17) is 0 Å². The molecule has 1 heterocycles. The number of ketones is 1. The average Bonchev–Trinajstić information content (AvgIpc) is 2.98. The third kappa shape index (κ3) is 1.14. The Morgan fingerprint density at radius 2 is 2.05 bits per heavy atom. The van der Waals surface area contributed by atoms with Crippen molar-refractivity contribution in [3.8, 4) is 0 Å². The normalized spacial score (nSPS) is 29.4. The second-order valence-electron chi connectivity index (χ2n) is 6.88. The molecule has 0 radical (unpaired) electrons. The average molecular weight is 263 g/mol. The Hall–Kier alpha value is -1.83. The monoisotopic (exact) mass is 263 g/mol. The topological polar surface area (TPSA) is 32.9 Å². The van der Waals surface area contributed by atoms with E-state index in [1.165, 1.54) is 29.4 Å². The summed E-state index contributed by atoms with van der Waals surface area (Å²) in [5.41, 5.74) is 5.02. The van der Waals surface area contributed by atoms with Gasteiger partial charge in [-0.25, -0.2) is 0 Å². The highest BCUT2D eigenvalue weighted by molar-refractivity contribution is 6.09. The molecule has 5 rings (SSSR count). The van der Waals surface area contributed by atoms with Gasteiger partial charge in [-0.05, 0) is 43.2 Å². The molecule has 1 saturated carbocycles. The third-order valence-corrected chi connectivity index (χ3v) is 5.61. The van der Waals surface area contributed by atoms with Gasteiger partial charge in [-0.15, -0.1) is 0 Å². The van der Waals surface area contributed by atoms with E-state index in [1.807, 2.05) is 6.07 Å². The highest BCUT2D eigenvalue weighted by Gasteiger charge is 2.60. The molecule has 0 unspecified atom stereocenters. The van der Waals surface area contributed by atoms with Crippen molar-refractivity contribution in [1.82, 2.24) is 4.98 Å². The molecule has 0 saturated heterocycles. The molecule has 20 heavy (non-hydrogen) atoms. The fraction of sp³-hybridized carbons (Fsp3) is 0.389. The summed E-state index contributed by atoms with van der Waals surface area (Å²) >= 11 is 0.